The third kappa shape index (κ3) is 4.02. The van der Waals surface area contributed by atoms with E-state index in [2.05, 4.69) is 15.9 Å². The van der Waals surface area contributed by atoms with Gasteiger partial charge in [-0.1, -0.05) is 15.9 Å². The number of carbonyl (C=O) groups is 1. The summed E-state index contributed by atoms with van der Waals surface area (Å²) >= 11 is 3.18. The van der Waals surface area contributed by atoms with Crippen LogP contribution < -0.4 is 0 Å². The second kappa shape index (κ2) is 6.49. The minimum absolute atomic E-state index is 0.0268. The number of halogens is 1. The molecule has 0 spiro atoms. The van der Waals surface area contributed by atoms with Crippen LogP contribution in [0.15, 0.2) is 21.5 Å². The van der Waals surface area contributed by atoms with Gasteiger partial charge in [-0.2, -0.15) is 0 Å². The van der Waals surface area contributed by atoms with Crippen molar-refractivity contribution in [1.82, 2.24) is 0 Å². The first-order valence-electron chi connectivity index (χ1n) is 5.63. The lowest BCUT2D eigenvalue weighted by Crippen LogP contribution is -2.15. The van der Waals surface area contributed by atoms with Crippen molar-refractivity contribution in [2.45, 2.75) is 18.7 Å². The van der Waals surface area contributed by atoms with Crippen LogP contribution in [0, 0.1) is 6.92 Å². The largest absolute Gasteiger partial charge is 0.478 e. The van der Waals surface area contributed by atoms with Crippen LogP contribution in [0.1, 0.15) is 22.8 Å². The third-order valence-corrected chi connectivity index (χ3v) is 5.20. The average molecular weight is 351 g/mol. The Balaban J connectivity index is 3.21. The van der Waals surface area contributed by atoms with E-state index in [1.165, 1.54) is 12.1 Å². The van der Waals surface area contributed by atoms with Crippen molar-refractivity contribution in [2.24, 2.45) is 0 Å². The first-order chi connectivity index (χ1) is 8.79. The highest BCUT2D eigenvalue weighted by atomic mass is 79.9. The van der Waals surface area contributed by atoms with E-state index in [4.69, 9.17) is 9.84 Å². The molecule has 1 N–H and O–H groups in total. The van der Waals surface area contributed by atoms with Gasteiger partial charge in [-0.15, -0.1) is 0 Å². The summed E-state index contributed by atoms with van der Waals surface area (Å²) in [5.74, 6) is -1.33. The van der Waals surface area contributed by atoms with Gasteiger partial charge in [-0.3, -0.25) is 0 Å². The normalized spacial score (nSPS) is 11.5. The fourth-order valence-electron chi connectivity index (χ4n) is 1.52. The van der Waals surface area contributed by atoms with Gasteiger partial charge in [0.2, 0.25) is 0 Å². The van der Waals surface area contributed by atoms with E-state index < -0.39 is 15.8 Å². The van der Waals surface area contributed by atoms with E-state index in [-0.39, 0.29) is 22.8 Å². The summed E-state index contributed by atoms with van der Waals surface area (Å²) in [6, 6.07) is 2.57. The highest BCUT2D eigenvalue weighted by Gasteiger charge is 2.21. The Morgan fingerprint density at radius 2 is 2.05 bits per heavy atom. The zero-order valence-corrected chi connectivity index (χ0v) is 13.0. The van der Waals surface area contributed by atoms with E-state index in [1.54, 1.807) is 13.8 Å². The zero-order chi connectivity index (χ0) is 14.6. The highest BCUT2D eigenvalue weighted by Crippen LogP contribution is 2.26. The molecule has 0 unspecified atom stereocenters. The first kappa shape index (κ1) is 16.1. The van der Waals surface area contributed by atoms with Crippen molar-refractivity contribution in [3.05, 3.63) is 27.7 Å². The number of hydrogen-bond donors (Lipinski definition) is 1. The number of sulfone groups is 1. The van der Waals surface area contributed by atoms with Crippen LogP contribution in [-0.4, -0.2) is 38.5 Å². The predicted octanol–water partition coefficient (Wildman–Crippen LogP) is 2.27. The molecule has 0 fully saturated rings. The molecule has 0 aliphatic rings. The lowest BCUT2D eigenvalue weighted by Gasteiger charge is -2.10. The quantitative estimate of drug-likeness (QED) is 0.796. The Morgan fingerprint density at radius 3 is 2.58 bits per heavy atom. The van der Waals surface area contributed by atoms with Gasteiger partial charge in [-0.05, 0) is 31.5 Å². The molecule has 0 saturated heterocycles. The maximum atomic E-state index is 12.2. The molecule has 0 saturated carbocycles. The molecule has 0 aliphatic heterocycles. The Hall–Kier alpha value is -0.920. The number of hydrogen-bond acceptors (Lipinski definition) is 4. The summed E-state index contributed by atoms with van der Waals surface area (Å²) in [4.78, 5) is 11.0. The van der Waals surface area contributed by atoms with Crippen LogP contribution in [0.5, 0.6) is 0 Å². The van der Waals surface area contributed by atoms with Crippen LogP contribution >= 0.6 is 15.9 Å². The Kier molecular flexibility index (Phi) is 5.51. The molecule has 0 atom stereocenters. The highest BCUT2D eigenvalue weighted by molar-refractivity contribution is 9.10. The van der Waals surface area contributed by atoms with Crippen molar-refractivity contribution >= 4 is 31.7 Å². The molecule has 0 aromatic heterocycles. The molecule has 0 bridgehead atoms. The van der Waals surface area contributed by atoms with Gasteiger partial charge in [0, 0.05) is 11.1 Å². The molecule has 7 heteroatoms. The van der Waals surface area contributed by atoms with Crippen LogP contribution in [0.2, 0.25) is 0 Å². The average Bonchev–Trinajstić information content (AvgIpc) is 2.32. The summed E-state index contributed by atoms with van der Waals surface area (Å²) in [5.41, 5.74) is 0.439. The number of carboxylic acid groups (broad SMARTS) is 1. The summed E-state index contributed by atoms with van der Waals surface area (Å²) < 4.78 is 29.8. The molecule has 0 heterocycles. The maximum Gasteiger partial charge on any atom is 0.335 e. The molecule has 5 nitrogen and oxygen atoms in total. The van der Waals surface area contributed by atoms with Crippen molar-refractivity contribution in [1.29, 1.82) is 0 Å². The number of ether oxygens (including phenoxy) is 1. The van der Waals surface area contributed by atoms with Crippen LogP contribution in [0.25, 0.3) is 0 Å². The summed E-state index contributed by atoms with van der Waals surface area (Å²) in [5, 5.41) is 8.96. The minimum Gasteiger partial charge on any atom is -0.478 e. The van der Waals surface area contributed by atoms with Crippen LogP contribution in [0.3, 0.4) is 0 Å². The van der Waals surface area contributed by atoms with Gasteiger partial charge in [0.05, 0.1) is 22.8 Å². The number of aromatic carboxylic acids is 1. The molecule has 1 rings (SSSR count). The van der Waals surface area contributed by atoms with E-state index in [0.717, 1.165) is 0 Å². The number of benzene rings is 1. The fourth-order valence-corrected chi connectivity index (χ4v) is 3.55. The van der Waals surface area contributed by atoms with Gasteiger partial charge in [-0.25, -0.2) is 13.2 Å². The SMILES string of the molecule is CCOCCS(=O)(=O)c1cc(C(=O)O)cc(Br)c1C. The molecule has 0 aliphatic carbocycles. The number of rotatable bonds is 6. The molecule has 106 valence electrons. The molecule has 0 amide bonds. The van der Waals surface area contributed by atoms with Crippen LogP contribution in [-0.2, 0) is 14.6 Å². The lowest BCUT2D eigenvalue weighted by atomic mass is 10.1. The van der Waals surface area contributed by atoms with Gasteiger partial charge >= 0.3 is 5.97 Å². The summed E-state index contributed by atoms with van der Waals surface area (Å²) in [7, 11) is -3.56. The second-order valence-corrected chi connectivity index (χ2v) is 6.83. The molecule has 0 radical (unpaired) electrons. The zero-order valence-electron chi connectivity index (χ0n) is 10.6. The van der Waals surface area contributed by atoms with Crippen LogP contribution in [0.4, 0.5) is 0 Å². The van der Waals surface area contributed by atoms with Gasteiger partial charge in [0.25, 0.3) is 0 Å². The maximum absolute atomic E-state index is 12.2. The van der Waals surface area contributed by atoms with E-state index in [0.29, 0.717) is 16.6 Å². The van der Waals surface area contributed by atoms with E-state index >= 15 is 0 Å². The van der Waals surface area contributed by atoms with E-state index in [9.17, 15) is 13.2 Å². The lowest BCUT2D eigenvalue weighted by molar-refractivity contribution is 0.0696. The third-order valence-electron chi connectivity index (χ3n) is 2.58. The van der Waals surface area contributed by atoms with Gasteiger partial charge in [0.1, 0.15) is 0 Å². The fraction of sp³-hybridized carbons (Fsp3) is 0.417. The topological polar surface area (TPSA) is 80.7 Å². The molecule has 1 aromatic rings. The second-order valence-electron chi connectivity index (χ2n) is 3.90. The van der Waals surface area contributed by atoms with Crippen molar-refractivity contribution < 1.29 is 23.1 Å². The summed E-state index contributed by atoms with van der Waals surface area (Å²) in [6.07, 6.45) is 0. The minimum atomic E-state index is -3.56. The monoisotopic (exact) mass is 350 g/mol. The van der Waals surface area contributed by atoms with Crippen molar-refractivity contribution in [3.8, 4) is 0 Å². The van der Waals surface area contributed by atoms with Gasteiger partial charge in [0.15, 0.2) is 9.84 Å². The molecular weight excluding hydrogens is 336 g/mol. The Morgan fingerprint density at radius 1 is 1.42 bits per heavy atom. The molecule has 19 heavy (non-hydrogen) atoms. The standard InChI is InChI=1S/C12H15BrO5S/c1-3-18-4-5-19(16,17)11-7-9(12(14)15)6-10(13)8(11)2/h6-7H,3-5H2,1-2H3,(H,14,15). The first-order valence-corrected chi connectivity index (χ1v) is 8.08. The Bertz CT molecular complexity index is 580. The smallest absolute Gasteiger partial charge is 0.335 e. The summed E-state index contributed by atoms with van der Waals surface area (Å²) in [6.45, 7) is 3.93. The Labute approximate surface area is 120 Å². The molecular formula is C12H15BrO5S. The molecule has 1 aromatic carbocycles. The predicted molar refractivity (Wildman–Crippen MR) is 74.4 cm³/mol. The van der Waals surface area contributed by atoms with Gasteiger partial charge < -0.3 is 9.84 Å². The van der Waals surface area contributed by atoms with E-state index in [1.807, 2.05) is 0 Å². The van der Waals surface area contributed by atoms with Crippen molar-refractivity contribution in [2.75, 3.05) is 19.0 Å². The van der Waals surface area contributed by atoms with Crippen molar-refractivity contribution in [3.63, 3.8) is 0 Å². The number of carboxylic acids is 1.